The topological polar surface area (TPSA) is 37.8 Å². The third-order valence-corrected chi connectivity index (χ3v) is 2.46. The van der Waals surface area contributed by atoms with Crippen LogP contribution < -0.4 is 5.32 Å². The van der Waals surface area contributed by atoms with E-state index in [4.69, 9.17) is 0 Å². The second kappa shape index (κ2) is 4.75. The van der Waals surface area contributed by atoms with Gasteiger partial charge < -0.3 is 5.32 Å². The molecule has 3 nitrogen and oxygen atoms in total. The van der Waals surface area contributed by atoms with E-state index in [9.17, 15) is 0 Å². The van der Waals surface area contributed by atoms with Crippen LogP contribution in [0.25, 0.3) is 0 Å². The van der Waals surface area contributed by atoms with Gasteiger partial charge in [0.05, 0.1) is 6.20 Å². The van der Waals surface area contributed by atoms with Crippen molar-refractivity contribution in [1.82, 2.24) is 10.2 Å². The Bertz CT molecular complexity index is 454. The Morgan fingerprint density at radius 2 is 1.94 bits per heavy atom. The van der Waals surface area contributed by atoms with E-state index in [1.54, 1.807) is 6.20 Å². The molecule has 0 aliphatic rings. The van der Waals surface area contributed by atoms with Crippen molar-refractivity contribution >= 4 is 5.82 Å². The zero-order valence-electron chi connectivity index (χ0n) is 9.51. The molecule has 1 aromatic heterocycles. The summed E-state index contributed by atoms with van der Waals surface area (Å²) in [6, 6.07) is 12.5. The SMILES string of the molecule is Cc1cnnc(NC(C)c2ccccc2)c1. The molecule has 0 saturated heterocycles. The lowest BCUT2D eigenvalue weighted by atomic mass is 10.1. The first-order chi connectivity index (χ1) is 7.75. The minimum Gasteiger partial charge on any atom is -0.362 e. The van der Waals surface area contributed by atoms with E-state index in [0.29, 0.717) is 0 Å². The molecule has 0 spiro atoms. The third kappa shape index (κ3) is 2.57. The molecule has 1 unspecified atom stereocenters. The highest BCUT2D eigenvalue weighted by molar-refractivity contribution is 5.38. The molecule has 0 aliphatic carbocycles. The predicted molar refractivity (Wildman–Crippen MR) is 65.2 cm³/mol. The molecule has 16 heavy (non-hydrogen) atoms. The van der Waals surface area contributed by atoms with Crippen LogP contribution in [0.3, 0.4) is 0 Å². The Balaban J connectivity index is 2.11. The Hall–Kier alpha value is -1.90. The highest BCUT2D eigenvalue weighted by Crippen LogP contribution is 2.17. The summed E-state index contributed by atoms with van der Waals surface area (Å²) in [7, 11) is 0. The Morgan fingerprint density at radius 3 is 2.62 bits per heavy atom. The number of nitrogens with zero attached hydrogens (tertiary/aromatic N) is 2. The summed E-state index contributed by atoms with van der Waals surface area (Å²) in [6.45, 7) is 4.12. The Kier molecular flexibility index (Phi) is 3.15. The summed E-state index contributed by atoms with van der Waals surface area (Å²) in [6.07, 6.45) is 1.75. The maximum absolute atomic E-state index is 4.04. The van der Waals surface area contributed by atoms with E-state index in [1.165, 1.54) is 5.56 Å². The van der Waals surface area contributed by atoms with Gasteiger partial charge in [-0.3, -0.25) is 0 Å². The maximum atomic E-state index is 4.04. The minimum absolute atomic E-state index is 0.234. The van der Waals surface area contributed by atoms with Crippen LogP contribution >= 0.6 is 0 Å². The van der Waals surface area contributed by atoms with Gasteiger partial charge in [-0.15, -0.1) is 5.10 Å². The van der Waals surface area contributed by atoms with Gasteiger partial charge in [0.1, 0.15) is 5.82 Å². The van der Waals surface area contributed by atoms with Crippen LogP contribution in [0.4, 0.5) is 5.82 Å². The van der Waals surface area contributed by atoms with Crippen LogP contribution in [0.15, 0.2) is 42.6 Å². The molecular weight excluding hydrogens is 198 g/mol. The van der Waals surface area contributed by atoms with Crippen molar-refractivity contribution in [3.05, 3.63) is 53.7 Å². The van der Waals surface area contributed by atoms with Crippen LogP contribution in [-0.4, -0.2) is 10.2 Å². The van der Waals surface area contributed by atoms with Crippen LogP contribution in [0, 0.1) is 6.92 Å². The minimum atomic E-state index is 0.234. The summed E-state index contributed by atoms with van der Waals surface area (Å²) < 4.78 is 0. The van der Waals surface area contributed by atoms with Gasteiger partial charge in [-0.05, 0) is 31.0 Å². The third-order valence-electron chi connectivity index (χ3n) is 2.46. The van der Waals surface area contributed by atoms with Crippen molar-refractivity contribution in [3.8, 4) is 0 Å². The van der Waals surface area contributed by atoms with E-state index in [2.05, 4.69) is 34.6 Å². The van der Waals surface area contributed by atoms with Gasteiger partial charge in [-0.1, -0.05) is 30.3 Å². The van der Waals surface area contributed by atoms with Crippen LogP contribution in [-0.2, 0) is 0 Å². The zero-order valence-corrected chi connectivity index (χ0v) is 9.51. The average Bonchev–Trinajstić information content (AvgIpc) is 2.30. The standard InChI is InChI=1S/C13H15N3/c1-10-8-13(16-14-9-10)15-11(2)12-6-4-3-5-7-12/h3-9,11H,1-2H3,(H,15,16). The first kappa shape index (κ1) is 10.6. The van der Waals surface area contributed by atoms with E-state index in [1.807, 2.05) is 31.2 Å². The lowest BCUT2D eigenvalue weighted by Crippen LogP contribution is -2.08. The highest BCUT2D eigenvalue weighted by Gasteiger charge is 2.05. The first-order valence-electron chi connectivity index (χ1n) is 5.36. The fraction of sp³-hybridized carbons (Fsp3) is 0.231. The lowest BCUT2D eigenvalue weighted by molar-refractivity contribution is 0.858. The van der Waals surface area contributed by atoms with Gasteiger partial charge in [0.15, 0.2) is 0 Å². The Morgan fingerprint density at radius 1 is 1.19 bits per heavy atom. The van der Waals surface area contributed by atoms with Crippen molar-refractivity contribution in [3.63, 3.8) is 0 Å². The van der Waals surface area contributed by atoms with Gasteiger partial charge in [-0.25, -0.2) is 0 Å². The lowest BCUT2D eigenvalue weighted by Gasteiger charge is -2.14. The summed E-state index contributed by atoms with van der Waals surface area (Å²) in [5.41, 5.74) is 2.35. The fourth-order valence-electron chi connectivity index (χ4n) is 1.58. The molecule has 0 fully saturated rings. The summed E-state index contributed by atoms with van der Waals surface area (Å²) in [5, 5.41) is 11.3. The number of rotatable bonds is 3. The Labute approximate surface area is 95.5 Å². The van der Waals surface area contributed by atoms with Gasteiger partial charge in [0, 0.05) is 6.04 Å². The normalized spacial score (nSPS) is 12.1. The molecule has 1 atom stereocenters. The average molecular weight is 213 g/mol. The van der Waals surface area contributed by atoms with Crippen LogP contribution in [0.5, 0.6) is 0 Å². The van der Waals surface area contributed by atoms with Crippen LogP contribution in [0.2, 0.25) is 0 Å². The van der Waals surface area contributed by atoms with Crippen LogP contribution in [0.1, 0.15) is 24.1 Å². The predicted octanol–water partition coefficient (Wildman–Crippen LogP) is 2.96. The molecule has 0 amide bonds. The second-order valence-electron chi connectivity index (χ2n) is 3.89. The second-order valence-corrected chi connectivity index (χ2v) is 3.89. The maximum Gasteiger partial charge on any atom is 0.149 e. The van der Waals surface area contributed by atoms with Gasteiger partial charge >= 0.3 is 0 Å². The monoisotopic (exact) mass is 213 g/mol. The summed E-state index contributed by atoms with van der Waals surface area (Å²) in [5.74, 6) is 0.816. The van der Waals surface area contributed by atoms with E-state index < -0.39 is 0 Å². The number of nitrogens with one attached hydrogen (secondary N) is 1. The molecule has 0 bridgehead atoms. The molecule has 82 valence electrons. The van der Waals surface area contributed by atoms with Gasteiger partial charge in [0.25, 0.3) is 0 Å². The molecule has 2 aromatic rings. The van der Waals surface area contributed by atoms with Gasteiger partial charge in [-0.2, -0.15) is 5.10 Å². The quantitative estimate of drug-likeness (QED) is 0.851. The highest BCUT2D eigenvalue weighted by atomic mass is 15.2. The van der Waals surface area contributed by atoms with Gasteiger partial charge in [0.2, 0.25) is 0 Å². The smallest absolute Gasteiger partial charge is 0.149 e. The molecule has 1 heterocycles. The number of aryl methyl sites for hydroxylation is 1. The fourth-order valence-corrected chi connectivity index (χ4v) is 1.58. The number of benzene rings is 1. The van der Waals surface area contributed by atoms with E-state index >= 15 is 0 Å². The number of hydrogen-bond donors (Lipinski definition) is 1. The van der Waals surface area contributed by atoms with Crippen molar-refractivity contribution in [1.29, 1.82) is 0 Å². The molecule has 0 saturated carbocycles. The van der Waals surface area contributed by atoms with Crippen molar-refractivity contribution in [2.75, 3.05) is 5.32 Å². The van der Waals surface area contributed by atoms with Crippen molar-refractivity contribution in [2.24, 2.45) is 0 Å². The molecule has 2 rings (SSSR count). The number of hydrogen-bond acceptors (Lipinski definition) is 3. The summed E-state index contributed by atoms with van der Waals surface area (Å²) >= 11 is 0. The number of anilines is 1. The molecular formula is C13H15N3. The molecule has 1 N–H and O–H groups in total. The van der Waals surface area contributed by atoms with E-state index in [-0.39, 0.29) is 6.04 Å². The number of aromatic nitrogens is 2. The van der Waals surface area contributed by atoms with Crippen molar-refractivity contribution < 1.29 is 0 Å². The van der Waals surface area contributed by atoms with Crippen molar-refractivity contribution in [2.45, 2.75) is 19.9 Å². The molecule has 3 heteroatoms. The first-order valence-corrected chi connectivity index (χ1v) is 5.36. The molecule has 0 aliphatic heterocycles. The van der Waals surface area contributed by atoms with E-state index in [0.717, 1.165) is 11.4 Å². The largest absolute Gasteiger partial charge is 0.362 e. The molecule has 1 aromatic carbocycles. The summed E-state index contributed by atoms with van der Waals surface area (Å²) in [4.78, 5) is 0. The zero-order chi connectivity index (χ0) is 11.4. The molecule has 0 radical (unpaired) electrons.